The first-order chi connectivity index (χ1) is 4.34. The number of methoxy groups -OCH3 is 1. The van der Waals surface area contributed by atoms with Gasteiger partial charge in [0.15, 0.2) is 0 Å². The van der Waals surface area contributed by atoms with Gasteiger partial charge in [-0.1, -0.05) is 0 Å². The fourth-order valence-electron chi connectivity index (χ4n) is 0.553. The molecule has 0 aromatic rings. The number of hydrogen-bond donors (Lipinski definition) is 0. The van der Waals surface area contributed by atoms with Crippen LogP contribution in [0.2, 0.25) is 0 Å². The lowest BCUT2D eigenvalue weighted by Gasteiger charge is -1.93. The van der Waals surface area contributed by atoms with Crippen molar-refractivity contribution in [2.24, 2.45) is 4.99 Å². The summed E-state index contributed by atoms with van der Waals surface area (Å²) in [5.41, 5.74) is 0.558. The number of nitrogens with zero attached hydrogens (tertiary/aromatic N) is 1. The van der Waals surface area contributed by atoms with Gasteiger partial charge in [-0.2, -0.15) is 0 Å². The van der Waals surface area contributed by atoms with E-state index in [9.17, 15) is 4.79 Å². The van der Waals surface area contributed by atoms with Crippen LogP contribution in [0.15, 0.2) is 4.99 Å². The molecule has 1 rings (SSSR count). The number of carbonyl (C=O) groups excluding carboxylic acids is 1. The van der Waals surface area contributed by atoms with E-state index in [1.165, 1.54) is 7.11 Å². The van der Waals surface area contributed by atoms with Gasteiger partial charge in [0.1, 0.15) is 5.71 Å². The second-order valence-electron chi connectivity index (χ2n) is 1.57. The van der Waals surface area contributed by atoms with E-state index in [-0.39, 0.29) is 5.97 Å². The van der Waals surface area contributed by atoms with Gasteiger partial charge in [0.05, 0.1) is 13.0 Å². The molecule has 3 nitrogen and oxygen atoms in total. The van der Waals surface area contributed by atoms with Crippen LogP contribution in [0.3, 0.4) is 0 Å². The van der Waals surface area contributed by atoms with Crippen LogP contribution in [-0.4, -0.2) is 30.4 Å². The molecule has 4 heteroatoms. The number of carbonyl (C=O) groups is 1. The van der Waals surface area contributed by atoms with Gasteiger partial charge in [-0.3, -0.25) is 4.99 Å². The molecule has 0 aromatic carbocycles. The molecule has 0 fully saturated rings. The van der Waals surface area contributed by atoms with Crippen LogP contribution in [0.4, 0.5) is 0 Å². The van der Waals surface area contributed by atoms with Crippen molar-refractivity contribution in [2.75, 3.05) is 18.7 Å². The van der Waals surface area contributed by atoms with Crippen LogP contribution in [0.5, 0.6) is 0 Å². The SMILES string of the molecule is COC(=O)C1=NCSC1. The minimum absolute atomic E-state index is 0.292. The Kier molecular flexibility index (Phi) is 2.10. The zero-order valence-corrected chi connectivity index (χ0v) is 5.90. The summed E-state index contributed by atoms with van der Waals surface area (Å²) in [4.78, 5) is 14.6. The summed E-state index contributed by atoms with van der Waals surface area (Å²) in [7, 11) is 1.37. The van der Waals surface area contributed by atoms with Gasteiger partial charge in [0.25, 0.3) is 0 Å². The Hall–Kier alpha value is -0.510. The van der Waals surface area contributed by atoms with Crippen LogP contribution in [0.1, 0.15) is 0 Å². The zero-order valence-electron chi connectivity index (χ0n) is 5.09. The fraction of sp³-hybridized carbons (Fsp3) is 0.600. The molecule has 0 N–H and O–H groups in total. The fourth-order valence-corrected chi connectivity index (χ4v) is 1.29. The van der Waals surface area contributed by atoms with E-state index < -0.39 is 0 Å². The maximum atomic E-state index is 10.6. The summed E-state index contributed by atoms with van der Waals surface area (Å²) < 4.78 is 4.45. The van der Waals surface area contributed by atoms with Crippen LogP contribution < -0.4 is 0 Å². The molecule has 1 heterocycles. The number of ether oxygens (including phenoxy) is 1. The first kappa shape index (κ1) is 6.61. The third-order valence-corrected chi connectivity index (χ3v) is 1.80. The first-order valence-corrected chi connectivity index (χ1v) is 3.69. The predicted octanol–water partition coefficient (Wildman–Crippen LogP) is 0.305. The Morgan fingerprint density at radius 1 is 1.89 bits per heavy atom. The maximum Gasteiger partial charge on any atom is 0.352 e. The molecule has 0 aliphatic carbocycles. The standard InChI is InChI=1S/C5H7NO2S/c1-8-5(7)4-2-9-3-6-4/h2-3H2,1H3. The van der Waals surface area contributed by atoms with Crippen molar-refractivity contribution in [3.63, 3.8) is 0 Å². The lowest BCUT2D eigenvalue weighted by molar-refractivity contribution is -0.132. The summed E-state index contributed by atoms with van der Waals surface area (Å²) >= 11 is 1.62. The van der Waals surface area contributed by atoms with Crippen molar-refractivity contribution >= 4 is 23.4 Å². The Balaban J connectivity index is 2.51. The average molecular weight is 145 g/mol. The maximum absolute atomic E-state index is 10.6. The normalized spacial score (nSPS) is 17.2. The Morgan fingerprint density at radius 2 is 2.67 bits per heavy atom. The number of hydrogen-bond acceptors (Lipinski definition) is 4. The highest BCUT2D eigenvalue weighted by Crippen LogP contribution is 2.09. The molecular weight excluding hydrogens is 138 g/mol. The summed E-state index contributed by atoms with van der Waals surface area (Å²) in [5, 5.41) is 0. The van der Waals surface area contributed by atoms with E-state index in [4.69, 9.17) is 0 Å². The largest absolute Gasteiger partial charge is 0.465 e. The van der Waals surface area contributed by atoms with Crippen LogP contribution in [-0.2, 0) is 9.53 Å². The van der Waals surface area contributed by atoms with E-state index in [0.29, 0.717) is 17.3 Å². The zero-order chi connectivity index (χ0) is 6.69. The first-order valence-electron chi connectivity index (χ1n) is 2.54. The second-order valence-corrected chi connectivity index (χ2v) is 2.53. The van der Waals surface area contributed by atoms with Gasteiger partial charge in [-0.05, 0) is 0 Å². The van der Waals surface area contributed by atoms with Gasteiger partial charge >= 0.3 is 5.97 Å². The minimum atomic E-state index is -0.292. The van der Waals surface area contributed by atoms with E-state index in [1.54, 1.807) is 11.8 Å². The van der Waals surface area contributed by atoms with E-state index in [2.05, 4.69) is 9.73 Å². The molecule has 0 saturated carbocycles. The highest BCUT2D eigenvalue weighted by atomic mass is 32.2. The van der Waals surface area contributed by atoms with Crippen LogP contribution in [0, 0.1) is 0 Å². The molecule has 0 atom stereocenters. The molecule has 0 amide bonds. The Labute approximate surface area is 57.5 Å². The lowest BCUT2D eigenvalue weighted by Crippen LogP contribution is -2.15. The monoisotopic (exact) mass is 145 g/mol. The van der Waals surface area contributed by atoms with Crippen molar-refractivity contribution < 1.29 is 9.53 Å². The summed E-state index contributed by atoms with van der Waals surface area (Å²) in [6, 6.07) is 0. The van der Waals surface area contributed by atoms with E-state index in [1.807, 2.05) is 0 Å². The van der Waals surface area contributed by atoms with E-state index in [0.717, 1.165) is 0 Å². The molecule has 9 heavy (non-hydrogen) atoms. The lowest BCUT2D eigenvalue weighted by atomic mass is 10.4. The van der Waals surface area contributed by atoms with Gasteiger partial charge in [0, 0.05) is 5.75 Å². The van der Waals surface area contributed by atoms with Crippen molar-refractivity contribution in [2.45, 2.75) is 0 Å². The quantitative estimate of drug-likeness (QED) is 0.498. The molecular formula is C5H7NO2S. The van der Waals surface area contributed by atoms with Gasteiger partial charge in [-0.15, -0.1) is 11.8 Å². The molecule has 0 unspecified atom stereocenters. The topological polar surface area (TPSA) is 38.7 Å². The minimum Gasteiger partial charge on any atom is -0.465 e. The highest BCUT2D eigenvalue weighted by Gasteiger charge is 2.14. The average Bonchev–Trinajstić information content (AvgIpc) is 2.37. The van der Waals surface area contributed by atoms with Gasteiger partial charge in [0.2, 0.25) is 0 Å². The van der Waals surface area contributed by atoms with Gasteiger partial charge < -0.3 is 4.74 Å². The second kappa shape index (κ2) is 2.87. The third-order valence-electron chi connectivity index (χ3n) is 1.01. The van der Waals surface area contributed by atoms with Gasteiger partial charge in [-0.25, -0.2) is 4.79 Å². The van der Waals surface area contributed by atoms with Crippen molar-refractivity contribution in [3.05, 3.63) is 0 Å². The van der Waals surface area contributed by atoms with E-state index >= 15 is 0 Å². The summed E-state index contributed by atoms with van der Waals surface area (Å²) in [6.07, 6.45) is 0. The highest BCUT2D eigenvalue weighted by molar-refractivity contribution is 8.00. The smallest absolute Gasteiger partial charge is 0.352 e. The molecule has 50 valence electrons. The summed E-state index contributed by atoms with van der Waals surface area (Å²) in [6.45, 7) is 0. The Bertz CT molecular complexity index is 155. The Morgan fingerprint density at radius 3 is 3.11 bits per heavy atom. The molecule has 0 aromatic heterocycles. The summed E-state index contributed by atoms with van der Waals surface area (Å²) in [5.74, 6) is 1.11. The number of esters is 1. The molecule has 0 saturated heterocycles. The van der Waals surface area contributed by atoms with Crippen LogP contribution in [0.25, 0.3) is 0 Å². The molecule has 0 radical (unpaired) electrons. The predicted molar refractivity (Wildman–Crippen MR) is 36.8 cm³/mol. The van der Waals surface area contributed by atoms with Crippen molar-refractivity contribution in [1.29, 1.82) is 0 Å². The molecule has 1 aliphatic heterocycles. The van der Waals surface area contributed by atoms with Crippen molar-refractivity contribution in [1.82, 2.24) is 0 Å². The van der Waals surface area contributed by atoms with Crippen LogP contribution >= 0.6 is 11.8 Å². The molecule has 0 bridgehead atoms. The number of aliphatic imine (C=N–C) groups is 1. The van der Waals surface area contributed by atoms with Crippen molar-refractivity contribution in [3.8, 4) is 0 Å². The third kappa shape index (κ3) is 1.45. The molecule has 0 spiro atoms. The number of rotatable bonds is 1. The number of thioether (sulfide) groups is 1. The molecule has 1 aliphatic rings.